The Morgan fingerprint density at radius 2 is 1.25 bits per heavy atom. The molecule has 0 spiro atoms. The van der Waals surface area contributed by atoms with E-state index in [0.29, 0.717) is 34.4 Å². The predicted molar refractivity (Wildman–Crippen MR) is 209 cm³/mol. The number of rotatable bonds is 2. The van der Waals surface area contributed by atoms with Gasteiger partial charge in [0.2, 0.25) is 0 Å². The highest BCUT2D eigenvalue weighted by atomic mass is 19.4. The van der Waals surface area contributed by atoms with Gasteiger partial charge in [0.1, 0.15) is 0 Å². The summed E-state index contributed by atoms with van der Waals surface area (Å²) in [5.74, 6) is 1.26. The molecule has 0 unspecified atom stereocenters. The number of aromatic nitrogens is 2. The monoisotopic (exact) mass is 782 g/mol. The van der Waals surface area contributed by atoms with E-state index in [1.807, 2.05) is 53.7 Å². The molecule has 6 heterocycles. The Kier molecular flexibility index (Phi) is 11.0. The molecular formula is C41H48F6N8O. The molecule has 4 bridgehead atoms. The van der Waals surface area contributed by atoms with Crippen molar-refractivity contribution in [3.8, 4) is 22.5 Å². The van der Waals surface area contributed by atoms with E-state index < -0.39 is 29.0 Å². The minimum atomic E-state index is -4.42. The fourth-order valence-corrected chi connectivity index (χ4v) is 6.99. The number of benzene rings is 2. The van der Waals surface area contributed by atoms with Crippen molar-refractivity contribution >= 4 is 29.0 Å². The Morgan fingerprint density at radius 3 is 1.80 bits per heavy atom. The standard InChI is InChI=1S/C21H23F3N4O.C16H14F3N3.C4H11N/c1-20(2,3)26-19(29)28-15-9-10-27(12-15)17-8-7-16(25-18(17)28)13-5-4-6-14(11-13)21(22,23)24;17-16(18,19)11-3-1-2-10(8-11)13-4-5-14-15(21-13)20-12-6-7-22(14)9-12;1-4(2,3)5/h4-8,11,15H,9-10,12H2,1-3H3,(H,26,29);1-5,8,12H,6-7,9H2,(H,20,21);5H2,1-3H3/t15-;12-;/m00./s1. The second-order valence-electron chi connectivity index (χ2n) is 16.6. The number of carbonyl (C=O) groups excluding carboxylic acids is 1. The average Bonchev–Trinajstić information content (AvgIpc) is 3.70. The maximum Gasteiger partial charge on any atom is 0.416 e. The molecule has 4 aliphatic heterocycles. The highest BCUT2D eigenvalue weighted by molar-refractivity contribution is 5.97. The molecule has 4 aliphatic rings. The normalized spacial score (nSPS) is 18.5. The maximum absolute atomic E-state index is 13.1. The molecule has 9 nitrogen and oxygen atoms in total. The molecule has 0 radical (unpaired) electrons. The van der Waals surface area contributed by atoms with Gasteiger partial charge in [-0.3, -0.25) is 4.90 Å². The van der Waals surface area contributed by atoms with Gasteiger partial charge in [-0.2, -0.15) is 26.3 Å². The molecule has 4 aromatic rings. The molecule has 0 saturated carbocycles. The van der Waals surface area contributed by atoms with Gasteiger partial charge >= 0.3 is 18.4 Å². The van der Waals surface area contributed by atoms with Crippen LogP contribution in [0, 0.1) is 0 Å². The number of hydrogen-bond acceptors (Lipinski definition) is 7. The highest BCUT2D eigenvalue weighted by Gasteiger charge is 2.41. The van der Waals surface area contributed by atoms with Crippen molar-refractivity contribution in [1.29, 1.82) is 0 Å². The van der Waals surface area contributed by atoms with Crippen LogP contribution in [0.5, 0.6) is 0 Å². The summed E-state index contributed by atoms with van der Waals surface area (Å²) < 4.78 is 77.8. The Morgan fingerprint density at radius 1 is 0.732 bits per heavy atom. The summed E-state index contributed by atoms with van der Waals surface area (Å²) in [4.78, 5) is 28.3. The number of hydrogen-bond donors (Lipinski definition) is 3. The van der Waals surface area contributed by atoms with Gasteiger partial charge in [0.05, 0.1) is 39.9 Å². The van der Waals surface area contributed by atoms with Gasteiger partial charge in [0.25, 0.3) is 0 Å². The summed E-state index contributed by atoms with van der Waals surface area (Å²) in [6, 6.07) is 17.8. The first kappa shape index (κ1) is 40.6. The number of fused-ring (bicyclic) bond motifs is 8. The van der Waals surface area contributed by atoms with Crippen LogP contribution in [-0.4, -0.2) is 65.3 Å². The molecule has 300 valence electrons. The average molecular weight is 783 g/mol. The molecule has 15 heteroatoms. The van der Waals surface area contributed by atoms with Crippen molar-refractivity contribution in [3.63, 3.8) is 0 Å². The zero-order chi connectivity index (χ0) is 40.8. The fraction of sp³-hybridized carbons (Fsp3) is 0.439. The molecule has 2 atom stereocenters. The predicted octanol–water partition coefficient (Wildman–Crippen LogP) is 9.19. The summed E-state index contributed by atoms with van der Waals surface area (Å²) in [6.07, 6.45) is -6.87. The molecule has 2 aromatic carbocycles. The molecule has 2 aromatic heterocycles. The summed E-state index contributed by atoms with van der Waals surface area (Å²) >= 11 is 0. The molecular weight excluding hydrogens is 734 g/mol. The van der Waals surface area contributed by atoms with Crippen molar-refractivity contribution in [2.45, 2.75) is 89.9 Å². The molecule has 2 saturated heterocycles. The number of halogens is 6. The van der Waals surface area contributed by atoms with Crippen LogP contribution in [0.2, 0.25) is 0 Å². The number of anilines is 4. The lowest BCUT2D eigenvalue weighted by Gasteiger charge is -2.37. The number of nitrogens with two attached hydrogens (primary N) is 1. The van der Waals surface area contributed by atoms with Crippen molar-refractivity contribution < 1.29 is 31.1 Å². The third-order valence-corrected chi connectivity index (χ3v) is 9.37. The summed E-state index contributed by atoms with van der Waals surface area (Å²) in [6.45, 7) is 15.1. The number of nitrogens with one attached hydrogen (secondary N) is 2. The highest BCUT2D eigenvalue weighted by Crippen LogP contribution is 2.41. The van der Waals surface area contributed by atoms with E-state index in [1.165, 1.54) is 12.1 Å². The van der Waals surface area contributed by atoms with Crippen LogP contribution in [0.25, 0.3) is 22.5 Å². The SMILES string of the molecule is CC(C)(C)N.CC(C)(C)NC(=O)N1c2nc(-c3cccc(C(F)(F)F)c3)ccc2N2CC[C@H]1C2.FC(F)(F)c1cccc(-c2ccc3c(n2)N[C@H]2CCN3C2)c1. The fourth-order valence-electron chi connectivity index (χ4n) is 6.99. The Labute approximate surface area is 323 Å². The van der Waals surface area contributed by atoms with E-state index in [1.54, 1.807) is 29.2 Å². The first-order chi connectivity index (χ1) is 26.0. The summed E-state index contributed by atoms with van der Waals surface area (Å²) in [5, 5.41) is 6.35. The van der Waals surface area contributed by atoms with Gasteiger partial charge in [0.15, 0.2) is 11.6 Å². The lowest BCUT2D eigenvalue weighted by molar-refractivity contribution is -0.138. The molecule has 4 N–H and O–H groups in total. The zero-order valence-electron chi connectivity index (χ0n) is 32.3. The zero-order valence-corrected chi connectivity index (χ0v) is 32.3. The van der Waals surface area contributed by atoms with Crippen LogP contribution in [0.3, 0.4) is 0 Å². The van der Waals surface area contributed by atoms with E-state index in [2.05, 4.69) is 30.4 Å². The second-order valence-corrected chi connectivity index (χ2v) is 16.6. The van der Waals surface area contributed by atoms with E-state index in [4.69, 9.17) is 5.73 Å². The van der Waals surface area contributed by atoms with Crippen molar-refractivity contribution in [2.75, 3.05) is 46.2 Å². The van der Waals surface area contributed by atoms with Crippen molar-refractivity contribution in [2.24, 2.45) is 5.73 Å². The van der Waals surface area contributed by atoms with Gasteiger partial charge in [-0.1, -0.05) is 24.3 Å². The summed E-state index contributed by atoms with van der Waals surface area (Å²) in [7, 11) is 0. The van der Waals surface area contributed by atoms with E-state index in [-0.39, 0.29) is 17.6 Å². The number of alkyl halides is 6. The van der Waals surface area contributed by atoms with E-state index in [9.17, 15) is 31.1 Å². The van der Waals surface area contributed by atoms with Gasteiger partial charge in [-0.05, 0) is 103 Å². The van der Waals surface area contributed by atoms with Crippen LogP contribution in [-0.2, 0) is 12.4 Å². The Bertz CT molecular complexity index is 2050. The first-order valence-corrected chi connectivity index (χ1v) is 18.6. The maximum atomic E-state index is 13.1. The number of carbonyl (C=O) groups is 1. The number of nitrogens with zero attached hydrogens (tertiary/aromatic N) is 5. The Hall–Kier alpha value is -5.05. The lowest BCUT2D eigenvalue weighted by Crippen LogP contribution is -2.54. The smallest absolute Gasteiger partial charge is 0.366 e. The molecule has 8 rings (SSSR count). The van der Waals surface area contributed by atoms with E-state index in [0.717, 1.165) is 80.5 Å². The molecule has 2 fully saturated rings. The minimum absolute atomic E-state index is 0. The van der Waals surface area contributed by atoms with Crippen molar-refractivity contribution in [1.82, 2.24) is 15.3 Å². The molecule has 56 heavy (non-hydrogen) atoms. The number of amides is 2. The van der Waals surface area contributed by atoms with E-state index >= 15 is 0 Å². The quantitative estimate of drug-likeness (QED) is 0.174. The Balaban J connectivity index is 0.000000174. The van der Waals surface area contributed by atoms with Crippen LogP contribution in [0.1, 0.15) is 65.5 Å². The topological polar surface area (TPSA) is 103 Å². The van der Waals surface area contributed by atoms with Gasteiger partial charge in [-0.25, -0.2) is 14.8 Å². The van der Waals surface area contributed by atoms with Gasteiger partial charge in [0, 0.05) is 54.4 Å². The summed E-state index contributed by atoms with van der Waals surface area (Å²) in [5.41, 5.74) is 7.24. The van der Waals surface area contributed by atoms with Crippen LogP contribution >= 0.6 is 0 Å². The number of urea groups is 1. The minimum Gasteiger partial charge on any atom is -0.366 e. The van der Waals surface area contributed by atoms with Crippen molar-refractivity contribution in [3.05, 3.63) is 83.9 Å². The van der Waals surface area contributed by atoms with Crippen LogP contribution in [0.15, 0.2) is 72.8 Å². The number of pyridine rings is 2. The third-order valence-electron chi connectivity index (χ3n) is 9.37. The van der Waals surface area contributed by atoms with Crippen LogP contribution in [0.4, 0.5) is 54.1 Å². The third kappa shape index (κ3) is 9.66. The van der Waals surface area contributed by atoms with Crippen LogP contribution < -0.4 is 31.1 Å². The molecule has 0 aliphatic carbocycles. The first-order valence-electron chi connectivity index (χ1n) is 18.6. The largest absolute Gasteiger partial charge is 0.416 e. The molecule has 2 amide bonds. The van der Waals surface area contributed by atoms with Gasteiger partial charge < -0.3 is 26.2 Å². The lowest BCUT2D eigenvalue weighted by atomic mass is 10.1. The van der Waals surface area contributed by atoms with Gasteiger partial charge in [-0.15, -0.1) is 0 Å². The second kappa shape index (κ2) is 15.1.